The van der Waals surface area contributed by atoms with Gasteiger partial charge in [0, 0.05) is 13.6 Å². The fraction of sp³-hybridized carbons (Fsp3) is 1.00. The molecule has 2 rings (SSSR count). The number of aliphatic hydroxyl groups excluding tert-OH is 1. The van der Waals surface area contributed by atoms with E-state index >= 15 is 0 Å². The predicted molar refractivity (Wildman–Crippen MR) is 135 cm³/mol. The lowest BCUT2D eigenvalue weighted by Gasteiger charge is -2.24. The van der Waals surface area contributed by atoms with Gasteiger partial charge < -0.3 is 33.1 Å². The van der Waals surface area contributed by atoms with Gasteiger partial charge in [-0.2, -0.15) is 0 Å². The average Bonchev–Trinajstić information content (AvgIpc) is 3.02. The first-order valence-electron chi connectivity index (χ1n) is 9.49. The Morgan fingerprint density at radius 2 is 1.67 bits per heavy atom. The van der Waals surface area contributed by atoms with Gasteiger partial charge in [0.25, 0.3) is 0 Å². The first kappa shape index (κ1) is 28.0. The van der Waals surface area contributed by atoms with E-state index in [-0.39, 0.29) is 19.7 Å². The van der Waals surface area contributed by atoms with Gasteiger partial charge in [-0.1, -0.05) is 23.6 Å². The summed E-state index contributed by atoms with van der Waals surface area (Å²) < 4.78 is 48.6. The summed E-state index contributed by atoms with van der Waals surface area (Å²) in [4.78, 5) is 0. The zero-order valence-corrected chi connectivity index (χ0v) is 22.5. The summed E-state index contributed by atoms with van der Waals surface area (Å²) in [6.07, 6.45) is -4.65. The maximum Gasteiger partial charge on any atom is 0.193 e. The Morgan fingerprint density at radius 3 is 2.23 bits per heavy atom. The fourth-order valence-corrected chi connectivity index (χ4v) is 6.15. The van der Waals surface area contributed by atoms with Gasteiger partial charge in [0.05, 0.1) is 25.2 Å². The molecular formula is C14H29B2FO7P2S4. The quantitative estimate of drug-likeness (QED) is 0.149. The highest BCUT2D eigenvalue weighted by atomic mass is 32.9. The molecule has 2 aliphatic rings. The molecular weight excluding hydrogens is 511 g/mol. The van der Waals surface area contributed by atoms with Crippen LogP contribution in [0.2, 0.25) is 0 Å². The van der Waals surface area contributed by atoms with Crippen molar-refractivity contribution >= 4 is 74.2 Å². The standard InChI is InChI=1S/C14H29B2FO7P2S4/c1-19-4-7-11(23-25(2,27)28)9(17)14(22-7)16-6-20-5-8-12(24-26(3,29)30)10(18)13(15)21-8/h7-14,16,18H,4-6,15H2,1-3H3,(H,27,28)(H,29,30)/t7-,8-,9?,10?,11?,12?,13-,14-/m1/s1. The molecule has 0 radical (unpaired) electrons. The number of rotatable bonds is 11. The molecule has 0 bridgehead atoms. The first-order valence-corrected chi connectivity index (χ1v) is 18.1. The third-order valence-corrected chi connectivity index (χ3v) is 7.10. The second-order valence-electron chi connectivity index (χ2n) is 7.59. The van der Waals surface area contributed by atoms with Crippen molar-refractivity contribution in [1.82, 2.24) is 0 Å². The Hall–Kier alpha value is 1.78. The van der Waals surface area contributed by atoms with Crippen LogP contribution in [0.3, 0.4) is 0 Å². The van der Waals surface area contributed by atoms with E-state index in [1.165, 1.54) is 7.11 Å². The molecule has 2 heterocycles. The van der Waals surface area contributed by atoms with Gasteiger partial charge >= 0.3 is 0 Å². The second kappa shape index (κ2) is 12.0. The van der Waals surface area contributed by atoms with Gasteiger partial charge in [-0.15, -0.1) is 24.5 Å². The molecule has 0 aliphatic carbocycles. The van der Waals surface area contributed by atoms with Crippen molar-refractivity contribution in [2.75, 3.05) is 40.2 Å². The number of methoxy groups -OCH3 is 1. The zero-order chi connectivity index (χ0) is 22.7. The topological polar surface area (TPSA) is 75.6 Å². The highest BCUT2D eigenvalue weighted by Gasteiger charge is 2.47. The van der Waals surface area contributed by atoms with Crippen LogP contribution in [0.15, 0.2) is 0 Å². The zero-order valence-electron chi connectivity index (χ0n) is 17.3. The van der Waals surface area contributed by atoms with Crippen molar-refractivity contribution < 1.29 is 37.5 Å². The Morgan fingerprint density at radius 1 is 1.10 bits per heavy atom. The van der Waals surface area contributed by atoms with Gasteiger partial charge in [-0.3, -0.25) is 0 Å². The van der Waals surface area contributed by atoms with Gasteiger partial charge in [0.15, 0.2) is 7.28 Å². The summed E-state index contributed by atoms with van der Waals surface area (Å²) in [5, 5.41) is 10.3. The monoisotopic (exact) mass is 540 g/mol. The minimum Gasteiger partial charge on any atom is -0.388 e. The van der Waals surface area contributed by atoms with E-state index in [0.717, 1.165) is 0 Å². The second-order valence-corrected chi connectivity index (χ2v) is 21.6. The summed E-state index contributed by atoms with van der Waals surface area (Å²) in [6, 6.07) is -1.11. The van der Waals surface area contributed by atoms with Crippen LogP contribution in [0.1, 0.15) is 0 Å². The lowest BCUT2D eigenvalue weighted by molar-refractivity contribution is -0.0176. The number of alkyl halides is 1. The number of hydrogen-bond donors (Lipinski definition) is 3. The van der Waals surface area contributed by atoms with Crippen molar-refractivity contribution in [2.24, 2.45) is 0 Å². The first-order chi connectivity index (χ1) is 13.8. The van der Waals surface area contributed by atoms with Crippen molar-refractivity contribution in [3.05, 3.63) is 0 Å². The summed E-state index contributed by atoms with van der Waals surface area (Å²) in [6.45, 7) is 4.00. The van der Waals surface area contributed by atoms with Gasteiger partial charge in [-0.25, -0.2) is 4.39 Å². The van der Waals surface area contributed by atoms with Crippen LogP contribution >= 0.6 is 35.4 Å². The Kier molecular flexibility index (Phi) is 11.2. The van der Waals surface area contributed by atoms with Crippen LogP contribution in [-0.2, 0) is 51.6 Å². The summed E-state index contributed by atoms with van der Waals surface area (Å²) in [5.41, 5.74) is -4.66. The Balaban J connectivity index is 1.85. The third-order valence-electron chi connectivity index (χ3n) is 4.75. The van der Waals surface area contributed by atoms with E-state index in [4.69, 9.17) is 51.6 Å². The lowest BCUT2D eigenvalue weighted by atomic mass is 9.70. The number of ether oxygens (including phenoxy) is 4. The van der Waals surface area contributed by atoms with Crippen LogP contribution in [-0.4, -0.2) is 109 Å². The van der Waals surface area contributed by atoms with Crippen molar-refractivity contribution in [3.63, 3.8) is 0 Å². The van der Waals surface area contributed by atoms with E-state index < -0.39 is 59.6 Å². The summed E-state index contributed by atoms with van der Waals surface area (Å²) >= 11 is 19.0. The molecule has 1 N–H and O–H groups in total. The fourth-order valence-electron chi connectivity index (χ4n) is 3.48. The molecule has 174 valence electrons. The molecule has 30 heavy (non-hydrogen) atoms. The lowest BCUT2D eigenvalue weighted by Crippen LogP contribution is -2.37. The molecule has 7 nitrogen and oxygen atoms in total. The maximum absolute atomic E-state index is 14.9. The van der Waals surface area contributed by atoms with E-state index in [2.05, 4.69) is 24.5 Å². The number of halogens is 1. The normalized spacial score (nSPS) is 40.8. The molecule has 2 saturated heterocycles. The highest BCUT2D eigenvalue weighted by molar-refractivity contribution is 8.61. The van der Waals surface area contributed by atoms with Crippen LogP contribution in [0.5, 0.6) is 0 Å². The van der Waals surface area contributed by atoms with Gasteiger partial charge in [-0.05, 0) is 13.3 Å². The SMILES string of the molecule is B[C@@H]1O[C@H](COCB[C@@H]2O[C@H](COC)C(OP(C)(=S)S)C2F)C(OP(C)(=S)S)C1O. The number of thiol groups is 2. The Bertz CT molecular complexity index is 660. The summed E-state index contributed by atoms with van der Waals surface area (Å²) in [7, 11) is 3.59. The molecule has 2 aliphatic heterocycles. The van der Waals surface area contributed by atoms with E-state index in [9.17, 15) is 9.50 Å². The minimum atomic E-state index is -2.37. The number of aliphatic hydroxyl groups is 1. The highest BCUT2D eigenvalue weighted by Crippen LogP contribution is 2.52. The largest absolute Gasteiger partial charge is 0.388 e. The molecule has 2 fully saturated rings. The van der Waals surface area contributed by atoms with Crippen molar-refractivity contribution in [2.45, 2.75) is 48.7 Å². The van der Waals surface area contributed by atoms with Crippen molar-refractivity contribution in [3.8, 4) is 0 Å². The predicted octanol–water partition coefficient (Wildman–Crippen LogP) is 0.334. The summed E-state index contributed by atoms with van der Waals surface area (Å²) in [5.74, 6) is 0. The molecule has 0 spiro atoms. The van der Waals surface area contributed by atoms with E-state index in [1.54, 1.807) is 21.2 Å². The van der Waals surface area contributed by atoms with Crippen LogP contribution in [0.4, 0.5) is 4.39 Å². The van der Waals surface area contributed by atoms with Crippen LogP contribution in [0.25, 0.3) is 0 Å². The smallest absolute Gasteiger partial charge is 0.193 e. The maximum atomic E-state index is 14.9. The molecule has 10 atom stereocenters. The van der Waals surface area contributed by atoms with Crippen molar-refractivity contribution in [1.29, 1.82) is 0 Å². The Labute approximate surface area is 199 Å². The molecule has 0 saturated carbocycles. The molecule has 0 amide bonds. The minimum absolute atomic E-state index is 0.173. The average molecular weight is 540 g/mol. The number of hydrogen-bond acceptors (Lipinski definition) is 9. The third kappa shape index (κ3) is 8.53. The molecule has 0 aromatic rings. The van der Waals surface area contributed by atoms with E-state index in [0.29, 0.717) is 7.28 Å². The molecule has 0 aromatic carbocycles. The van der Waals surface area contributed by atoms with Gasteiger partial charge in [0.1, 0.15) is 55.5 Å². The molecule has 6 unspecified atom stereocenters. The van der Waals surface area contributed by atoms with Crippen LogP contribution < -0.4 is 0 Å². The van der Waals surface area contributed by atoms with E-state index in [1.807, 2.05) is 0 Å². The van der Waals surface area contributed by atoms with Gasteiger partial charge in [0.2, 0.25) is 0 Å². The molecule has 0 aromatic heterocycles. The molecule has 16 heteroatoms. The van der Waals surface area contributed by atoms with Crippen LogP contribution in [0, 0.1) is 0 Å².